The molecule has 0 amide bonds. The summed E-state index contributed by atoms with van der Waals surface area (Å²) in [6.07, 6.45) is 0. The van der Waals surface area contributed by atoms with Crippen LogP contribution in [-0.4, -0.2) is 0 Å². The van der Waals surface area contributed by atoms with E-state index in [0.29, 0.717) is 0 Å². The lowest BCUT2D eigenvalue weighted by Gasteiger charge is -2.22. The molecule has 10 rings (SSSR count). The minimum atomic E-state index is -0.00116. The van der Waals surface area contributed by atoms with Gasteiger partial charge in [0.15, 0.2) is 0 Å². The van der Waals surface area contributed by atoms with Crippen LogP contribution >= 0.6 is 0 Å². The molecule has 0 unspecified atom stereocenters. The van der Waals surface area contributed by atoms with Crippen LogP contribution in [0.15, 0.2) is 170 Å². The number of hydrogen-bond donors (Lipinski definition) is 0. The van der Waals surface area contributed by atoms with Gasteiger partial charge in [0, 0.05) is 5.41 Å². The summed E-state index contributed by atoms with van der Waals surface area (Å²) >= 11 is 0. The van der Waals surface area contributed by atoms with Crippen LogP contribution in [0.3, 0.4) is 0 Å². The topological polar surface area (TPSA) is 0 Å². The second-order valence-electron chi connectivity index (χ2n) is 14.2. The molecule has 0 nitrogen and oxygen atoms in total. The van der Waals surface area contributed by atoms with E-state index in [4.69, 9.17) is 0 Å². The lowest BCUT2D eigenvalue weighted by atomic mass is 9.81. The van der Waals surface area contributed by atoms with Crippen molar-refractivity contribution in [3.8, 4) is 44.5 Å². The summed E-state index contributed by atoms with van der Waals surface area (Å²) in [5, 5.41) is 10.3. The Labute approximate surface area is 286 Å². The van der Waals surface area contributed by atoms with E-state index in [9.17, 15) is 0 Å². The third kappa shape index (κ3) is 4.38. The first kappa shape index (κ1) is 28.1. The molecule has 0 heteroatoms. The lowest BCUT2D eigenvalue weighted by Crippen LogP contribution is -2.14. The van der Waals surface area contributed by atoms with Crippen LogP contribution < -0.4 is 0 Å². The predicted molar refractivity (Wildman–Crippen MR) is 210 cm³/mol. The molecule has 0 aliphatic heterocycles. The van der Waals surface area contributed by atoms with E-state index >= 15 is 0 Å². The fraction of sp³-hybridized carbons (Fsp3) is 0.0612. The molecule has 0 N–H and O–H groups in total. The number of fused-ring (bicyclic) bond motifs is 9. The van der Waals surface area contributed by atoms with Crippen LogP contribution in [0.25, 0.3) is 87.6 Å². The average molecular weight is 623 g/mol. The maximum absolute atomic E-state index is 2.41. The Hall–Kier alpha value is -5.98. The normalized spacial score (nSPS) is 13.3. The molecule has 0 aromatic heterocycles. The van der Waals surface area contributed by atoms with Gasteiger partial charge < -0.3 is 0 Å². The van der Waals surface area contributed by atoms with E-state index < -0.39 is 0 Å². The summed E-state index contributed by atoms with van der Waals surface area (Å²) in [5.41, 5.74) is 13.1. The third-order valence-electron chi connectivity index (χ3n) is 11.0. The molecule has 49 heavy (non-hydrogen) atoms. The van der Waals surface area contributed by atoms with Crippen molar-refractivity contribution in [2.45, 2.75) is 19.3 Å². The summed E-state index contributed by atoms with van der Waals surface area (Å²) in [5.74, 6) is 0. The highest BCUT2D eigenvalue weighted by Gasteiger charge is 2.35. The van der Waals surface area contributed by atoms with Gasteiger partial charge in [0.2, 0.25) is 0 Å². The Morgan fingerprint density at radius 3 is 1.41 bits per heavy atom. The average Bonchev–Trinajstić information content (AvgIpc) is 3.39. The summed E-state index contributed by atoms with van der Waals surface area (Å²) < 4.78 is 0. The first-order valence-electron chi connectivity index (χ1n) is 17.2. The van der Waals surface area contributed by atoms with Gasteiger partial charge in [-0.05, 0) is 129 Å². The van der Waals surface area contributed by atoms with Gasteiger partial charge in [0.1, 0.15) is 0 Å². The Balaban J connectivity index is 1.01. The molecule has 1 aliphatic rings. The van der Waals surface area contributed by atoms with Crippen LogP contribution in [0.5, 0.6) is 0 Å². The minimum Gasteiger partial charge on any atom is -0.0622 e. The summed E-state index contributed by atoms with van der Waals surface area (Å²) in [6, 6.07) is 63.2. The Kier molecular flexibility index (Phi) is 6.02. The van der Waals surface area contributed by atoms with Crippen molar-refractivity contribution in [1.29, 1.82) is 0 Å². The molecule has 230 valence electrons. The fourth-order valence-electron chi connectivity index (χ4n) is 8.37. The van der Waals surface area contributed by atoms with E-state index in [1.54, 1.807) is 0 Å². The van der Waals surface area contributed by atoms with Crippen molar-refractivity contribution >= 4 is 43.1 Å². The number of rotatable bonds is 3. The Morgan fingerprint density at radius 2 is 0.755 bits per heavy atom. The standard InChI is InChI=1S/C49H34/c1-49(2)46-11-7-6-10-44(46)45-25-22-39(30-47(45)49)37-17-16-34-26-36(15-14-35(34)27-37)38-21-24-43-41(29-38)19-13-32-12-18-40-28-33(20-23-42(40)48(32)43)31-8-4-3-5-9-31/h3-30H,1-2H3. The first-order valence-corrected chi connectivity index (χ1v) is 17.2. The Morgan fingerprint density at radius 1 is 0.306 bits per heavy atom. The predicted octanol–water partition coefficient (Wildman–Crippen LogP) is 13.6. The maximum atomic E-state index is 2.41. The second-order valence-corrected chi connectivity index (χ2v) is 14.2. The maximum Gasteiger partial charge on any atom is 0.0159 e. The van der Waals surface area contributed by atoms with Gasteiger partial charge in [0.05, 0.1) is 0 Å². The summed E-state index contributed by atoms with van der Waals surface area (Å²) in [7, 11) is 0. The molecule has 0 atom stereocenters. The largest absolute Gasteiger partial charge is 0.0622 e. The molecule has 0 heterocycles. The zero-order valence-electron chi connectivity index (χ0n) is 27.7. The fourth-order valence-corrected chi connectivity index (χ4v) is 8.37. The van der Waals surface area contributed by atoms with Gasteiger partial charge in [0.25, 0.3) is 0 Å². The van der Waals surface area contributed by atoms with Gasteiger partial charge in [-0.2, -0.15) is 0 Å². The highest BCUT2D eigenvalue weighted by Crippen LogP contribution is 2.49. The van der Waals surface area contributed by atoms with Crippen molar-refractivity contribution in [2.24, 2.45) is 0 Å². The first-order chi connectivity index (χ1) is 24.0. The van der Waals surface area contributed by atoms with Crippen LogP contribution in [0, 0.1) is 0 Å². The highest BCUT2D eigenvalue weighted by molar-refractivity contribution is 6.21. The molecule has 0 radical (unpaired) electrons. The molecule has 1 aliphatic carbocycles. The molecule has 9 aromatic carbocycles. The molecule has 0 saturated carbocycles. The van der Waals surface area contributed by atoms with Crippen molar-refractivity contribution in [1.82, 2.24) is 0 Å². The molecule has 9 aromatic rings. The Bertz CT molecular complexity index is 2780. The van der Waals surface area contributed by atoms with Crippen LogP contribution in [-0.2, 0) is 5.41 Å². The molecule has 0 saturated heterocycles. The van der Waals surface area contributed by atoms with Crippen LogP contribution in [0.2, 0.25) is 0 Å². The lowest BCUT2D eigenvalue weighted by molar-refractivity contribution is 0.660. The molecule has 0 bridgehead atoms. The van der Waals surface area contributed by atoms with Crippen LogP contribution in [0.4, 0.5) is 0 Å². The smallest absolute Gasteiger partial charge is 0.0159 e. The number of hydrogen-bond acceptors (Lipinski definition) is 0. The van der Waals surface area contributed by atoms with Crippen molar-refractivity contribution < 1.29 is 0 Å². The van der Waals surface area contributed by atoms with Gasteiger partial charge in [-0.1, -0.05) is 153 Å². The van der Waals surface area contributed by atoms with E-state index in [2.05, 4.69) is 184 Å². The zero-order valence-corrected chi connectivity index (χ0v) is 27.7. The summed E-state index contributed by atoms with van der Waals surface area (Å²) in [4.78, 5) is 0. The number of benzene rings is 9. The SMILES string of the molecule is CC1(C)c2ccccc2-c2ccc(-c3ccc4cc(-c5ccc6c(ccc7ccc8cc(-c9ccccc9)ccc8c76)c5)ccc4c3)cc21. The van der Waals surface area contributed by atoms with E-state index in [0.717, 1.165) is 0 Å². The van der Waals surface area contributed by atoms with Crippen molar-refractivity contribution in [3.05, 3.63) is 181 Å². The molecular weight excluding hydrogens is 589 g/mol. The van der Waals surface area contributed by atoms with Crippen molar-refractivity contribution in [2.75, 3.05) is 0 Å². The molecule has 0 spiro atoms. The van der Waals surface area contributed by atoms with Gasteiger partial charge in [-0.25, -0.2) is 0 Å². The molecule has 0 fully saturated rings. The second kappa shape index (κ2) is 10.5. The van der Waals surface area contributed by atoms with Gasteiger partial charge >= 0.3 is 0 Å². The van der Waals surface area contributed by atoms with Gasteiger partial charge in [-0.15, -0.1) is 0 Å². The van der Waals surface area contributed by atoms with E-state index in [-0.39, 0.29) is 5.41 Å². The van der Waals surface area contributed by atoms with Crippen molar-refractivity contribution in [3.63, 3.8) is 0 Å². The van der Waals surface area contributed by atoms with E-state index in [1.165, 1.54) is 98.7 Å². The van der Waals surface area contributed by atoms with Gasteiger partial charge in [-0.3, -0.25) is 0 Å². The minimum absolute atomic E-state index is 0.00116. The highest BCUT2D eigenvalue weighted by atomic mass is 14.4. The van der Waals surface area contributed by atoms with Crippen LogP contribution in [0.1, 0.15) is 25.0 Å². The molecular formula is C49H34. The summed E-state index contributed by atoms with van der Waals surface area (Å²) in [6.45, 7) is 4.70. The zero-order chi connectivity index (χ0) is 32.7. The quantitative estimate of drug-likeness (QED) is 0.172. The monoisotopic (exact) mass is 622 g/mol. The van der Waals surface area contributed by atoms with E-state index in [1.807, 2.05) is 0 Å². The third-order valence-corrected chi connectivity index (χ3v) is 11.0.